The monoisotopic (exact) mass is 706 g/mol. The van der Waals surface area contributed by atoms with Crippen LogP contribution < -0.4 is 0 Å². The first-order chi connectivity index (χ1) is 24.5. The van der Waals surface area contributed by atoms with Gasteiger partial charge in [0.25, 0.3) is 0 Å². The maximum absolute atomic E-state index is 12.7. The summed E-state index contributed by atoms with van der Waals surface area (Å²) in [5.41, 5.74) is -0.482. The van der Waals surface area contributed by atoms with Gasteiger partial charge in [0, 0.05) is 19.4 Å². The number of carbonyl (C=O) groups excluding carboxylic acids is 7. The molecule has 0 heterocycles. The first-order valence-electron chi connectivity index (χ1n) is 15.6. The largest absolute Gasteiger partial charge is 0.481 e. The fourth-order valence-corrected chi connectivity index (χ4v) is 4.14. The lowest BCUT2D eigenvalue weighted by Crippen LogP contribution is -2.16. The Bertz CT molecular complexity index is 1730. The van der Waals surface area contributed by atoms with Gasteiger partial charge in [-0.1, -0.05) is 6.07 Å². The molecule has 0 bridgehead atoms. The van der Waals surface area contributed by atoms with Crippen molar-refractivity contribution in [3.63, 3.8) is 0 Å². The van der Waals surface area contributed by atoms with Gasteiger partial charge < -0.3 is 33.9 Å². The van der Waals surface area contributed by atoms with E-state index in [9.17, 15) is 38.4 Å². The van der Waals surface area contributed by atoms with E-state index in [-0.39, 0.29) is 78.9 Å². The van der Waals surface area contributed by atoms with Crippen LogP contribution in [0.4, 0.5) is 0 Å². The molecule has 51 heavy (non-hydrogen) atoms. The molecule has 0 fully saturated rings. The molecule has 3 aromatic rings. The van der Waals surface area contributed by atoms with Crippen LogP contribution in [-0.4, -0.2) is 84.4 Å². The number of hydrogen-bond donors (Lipinski definition) is 2. The molecule has 15 heteroatoms. The number of carboxylic acids is 1. The number of benzene rings is 3. The van der Waals surface area contributed by atoms with Gasteiger partial charge in [0.2, 0.25) is 0 Å². The Kier molecular flexibility index (Phi) is 15.8. The van der Waals surface area contributed by atoms with E-state index in [0.717, 1.165) is 18.2 Å². The number of aliphatic hydroxyl groups is 1. The van der Waals surface area contributed by atoms with Gasteiger partial charge in [-0.05, 0) is 92.4 Å². The van der Waals surface area contributed by atoms with Gasteiger partial charge in [-0.15, -0.1) is 0 Å². The Morgan fingerprint density at radius 1 is 0.471 bits per heavy atom. The highest BCUT2D eigenvalue weighted by Crippen LogP contribution is 2.14. The Balaban J connectivity index is 1.48. The van der Waals surface area contributed by atoms with Crippen molar-refractivity contribution in [3.8, 4) is 0 Å². The SMILES string of the molecule is O=C(O)CCCCC(=O)OC(=O)c1ccc(C(=O)OC(=O)c2cccc(C(=O)OC(=O)c3ccc(C(=O)OCCCCOCCO)cc3)c2)cc1. The summed E-state index contributed by atoms with van der Waals surface area (Å²) in [7, 11) is 0. The summed E-state index contributed by atoms with van der Waals surface area (Å²) in [6.07, 6.45) is 1.39. The zero-order valence-corrected chi connectivity index (χ0v) is 27.2. The van der Waals surface area contributed by atoms with Gasteiger partial charge in [-0.2, -0.15) is 0 Å². The van der Waals surface area contributed by atoms with Crippen LogP contribution in [0.1, 0.15) is 101 Å². The summed E-state index contributed by atoms with van der Waals surface area (Å²) in [6.45, 7) is 0.741. The third-order valence-corrected chi connectivity index (χ3v) is 6.80. The lowest BCUT2D eigenvalue weighted by molar-refractivity contribution is -0.139. The quantitative estimate of drug-likeness (QED) is 0.0827. The number of aliphatic hydroxyl groups excluding tert-OH is 1. The Hall–Kier alpha value is -6.06. The number of rotatable bonds is 18. The molecule has 0 saturated heterocycles. The van der Waals surface area contributed by atoms with E-state index in [1.165, 1.54) is 54.6 Å². The molecule has 15 nitrogen and oxygen atoms in total. The number of unbranched alkanes of at least 4 members (excludes halogenated alkanes) is 2. The molecular formula is C36H34O15. The summed E-state index contributed by atoms with van der Waals surface area (Å²) in [5.74, 6) is -7.79. The molecule has 0 aliphatic heterocycles. The summed E-state index contributed by atoms with van der Waals surface area (Å²) < 4.78 is 24.8. The molecule has 3 rings (SSSR count). The van der Waals surface area contributed by atoms with Crippen molar-refractivity contribution in [1.82, 2.24) is 0 Å². The van der Waals surface area contributed by atoms with Crippen LogP contribution in [0, 0.1) is 0 Å². The van der Waals surface area contributed by atoms with Crippen molar-refractivity contribution in [1.29, 1.82) is 0 Å². The average Bonchev–Trinajstić information content (AvgIpc) is 3.12. The number of esters is 7. The summed E-state index contributed by atoms with van der Waals surface area (Å²) >= 11 is 0. The number of aliphatic carboxylic acids is 1. The van der Waals surface area contributed by atoms with Crippen LogP contribution in [0.15, 0.2) is 72.8 Å². The van der Waals surface area contributed by atoms with Crippen molar-refractivity contribution in [3.05, 3.63) is 106 Å². The second kappa shape index (κ2) is 20.5. The van der Waals surface area contributed by atoms with Gasteiger partial charge in [0.05, 0.1) is 53.2 Å². The Morgan fingerprint density at radius 2 is 0.902 bits per heavy atom. The molecule has 0 aliphatic rings. The normalized spacial score (nSPS) is 10.5. The van der Waals surface area contributed by atoms with Gasteiger partial charge >= 0.3 is 47.8 Å². The number of carbonyl (C=O) groups is 8. The van der Waals surface area contributed by atoms with Gasteiger partial charge in [0.15, 0.2) is 0 Å². The fraction of sp³-hybridized carbons (Fsp3) is 0.278. The lowest BCUT2D eigenvalue weighted by Gasteiger charge is -2.07. The minimum absolute atomic E-state index is 0.0408. The Morgan fingerprint density at radius 3 is 1.39 bits per heavy atom. The van der Waals surface area contributed by atoms with Crippen molar-refractivity contribution in [2.45, 2.75) is 38.5 Å². The van der Waals surface area contributed by atoms with E-state index in [1.54, 1.807) is 0 Å². The van der Waals surface area contributed by atoms with E-state index in [2.05, 4.69) is 0 Å². The molecule has 0 amide bonds. The highest BCUT2D eigenvalue weighted by atomic mass is 16.6. The van der Waals surface area contributed by atoms with E-state index in [1.807, 2.05) is 0 Å². The molecule has 0 radical (unpaired) electrons. The molecule has 3 aromatic carbocycles. The van der Waals surface area contributed by atoms with Gasteiger partial charge in [-0.3, -0.25) is 9.59 Å². The van der Waals surface area contributed by atoms with Crippen molar-refractivity contribution >= 4 is 47.8 Å². The molecule has 0 aromatic heterocycles. The van der Waals surface area contributed by atoms with Crippen LogP contribution in [0.25, 0.3) is 0 Å². The number of carboxylic acid groups (broad SMARTS) is 1. The third kappa shape index (κ3) is 13.4. The summed E-state index contributed by atoms with van der Waals surface area (Å²) in [4.78, 5) is 97.2. The first-order valence-corrected chi connectivity index (χ1v) is 15.6. The van der Waals surface area contributed by atoms with Crippen molar-refractivity contribution < 1.29 is 72.3 Å². The molecule has 268 valence electrons. The van der Waals surface area contributed by atoms with Crippen LogP contribution >= 0.6 is 0 Å². The maximum Gasteiger partial charge on any atom is 0.346 e. The zero-order valence-electron chi connectivity index (χ0n) is 27.2. The summed E-state index contributed by atoms with van der Waals surface area (Å²) in [5, 5.41) is 17.3. The van der Waals surface area contributed by atoms with Gasteiger partial charge in [0.1, 0.15) is 0 Å². The van der Waals surface area contributed by atoms with Crippen LogP contribution in [0.2, 0.25) is 0 Å². The molecule has 0 spiro atoms. The standard InChI is InChI=1S/C36H34O15/c37-18-21-47-19-3-4-20-48-31(41)23-10-12-25(13-11-23)33(43)50-35(45)27-6-5-7-28(22-27)36(46)51-34(44)26-16-14-24(15-17-26)32(42)49-30(40)9-2-1-8-29(38)39/h5-7,10-17,22,37H,1-4,8-9,18-21H2,(H,38,39). The highest BCUT2D eigenvalue weighted by Gasteiger charge is 2.21. The smallest absolute Gasteiger partial charge is 0.346 e. The van der Waals surface area contributed by atoms with E-state index in [0.29, 0.717) is 19.4 Å². The zero-order chi connectivity index (χ0) is 37.2. The topological polar surface area (TPSA) is 223 Å². The van der Waals surface area contributed by atoms with Gasteiger partial charge in [-0.25, -0.2) is 28.8 Å². The number of ether oxygens (including phenoxy) is 5. The predicted molar refractivity (Wildman–Crippen MR) is 173 cm³/mol. The van der Waals surface area contributed by atoms with Crippen LogP contribution in [-0.2, 0) is 33.3 Å². The second-order valence-corrected chi connectivity index (χ2v) is 10.6. The molecule has 0 saturated carbocycles. The second-order valence-electron chi connectivity index (χ2n) is 10.6. The molecular weight excluding hydrogens is 672 g/mol. The molecule has 0 unspecified atom stereocenters. The van der Waals surface area contributed by atoms with Crippen molar-refractivity contribution in [2.24, 2.45) is 0 Å². The molecule has 0 aliphatic carbocycles. The van der Waals surface area contributed by atoms with Crippen molar-refractivity contribution in [2.75, 3.05) is 26.4 Å². The predicted octanol–water partition coefficient (Wildman–Crippen LogP) is 3.96. The lowest BCUT2D eigenvalue weighted by atomic mass is 10.1. The van der Waals surface area contributed by atoms with E-state index < -0.39 is 47.8 Å². The average molecular weight is 707 g/mol. The summed E-state index contributed by atoms with van der Waals surface area (Å²) in [6, 6.07) is 14.8. The molecule has 0 atom stereocenters. The van der Waals surface area contributed by atoms with E-state index >= 15 is 0 Å². The Labute approximate surface area is 291 Å². The van der Waals surface area contributed by atoms with Crippen LogP contribution in [0.5, 0.6) is 0 Å². The van der Waals surface area contributed by atoms with Crippen LogP contribution in [0.3, 0.4) is 0 Å². The van der Waals surface area contributed by atoms with E-state index in [4.69, 9.17) is 33.9 Å². The highest BCUT2D eigenvalue weighted by molar-refractivity contribution is 6.06. The maximum atomic E-state index is 12.7. The molecule has 2 N–H and O–H groups in total. The fourth-order valence-electron chi connectivity index (χ4n) is 4.14. The minimum Gasteiger partial charge on any atom is -0.481 e. The third-order valence-electron chi connectivity index (χ3n) is 6.80. The minimum atomic E-state index is -1.13. The number of hydrogen-bond acceptors (Lipinski definition) is 14. The first kappa shape index (κ1) is 39.4.